The van der Waals surface area contributed by atoms with Crippen molar-refractivity contribution in [2.75, 3.05) is 0 Å². The van der Waals surface area contributed by atoms with Gasteiger partial charge in [-0.05, 0) is 86.6 Å². The lowest BCUT2D eigenvalue weighted by atomic mass is 10.0. The van der Waals surface area contributed by atoms with E-state index in [4.69, 9.17) is 9.84 Å². The van der Waals surface area contributed by atoms with Gasteiger partial charge in [-0.2, -0.15) is 5.26 Å². The normalized spacial score (nSPS) is 13.4. The number of nitriles is 1. The number of nitrogens with one attached hydrogen (secondary N) is 2. The summed E-state index contributed by atoms with van der Waals surface area (Å²) in [7, 11) is 0. The Labute approximate surface area is 231 Å². The first-order chi connectivity index (χ1) is 18.6. The van der Waals surface area contributed by atoms with Crippen LogP contribution in [0.5, 0.6) is 11.5 Å². The van der Waals surface area contributed by atoms with Gasteiger partial charge in [0.05, 0.1) is 11.8 Å². The number of hydrogen-bond acceptors (Lipinski definition) is 5. The van der Waals surface area contributed by atoms with Crippen molar-refractivity contribution in [3.05, 3.63) is 94.7 Å². The average Bonchev–Trinajstić information content (AvgIpc) is 2.89. The summed E-state index contributed by atoms with van der Waals surface area (Å²) in [5, 5.41) is 24.4. The zero-order valence-corrected chi connectivity index (χ0v) is 23.5. The molecule has 0 aliphatic carbocycles. The lowest BCUT2D eigenvalue weighted by Crippen LogP contribution is -2.35. The average molecular weight is 530 g/mol. The largest absolute Gasteiger partial charge is 0.481 e. The first-order valence-electron chi connectivity index (χ1n) is 13.2. The highest BCUT2D eigenvalue weighted by Crippen LogP contribution is 2.25. The second kappa shape index (κ2) is 15.8. The molecule has 0 spiro atoms. The molecular formula is C32H39N3O4. The van der Waals surface area contributed by atoms with Gasteiger partial charge in [0.15, 0.2) is 0 Å². The fourth-order valence-electron chi connectivity index (χ4n) is 4.02. The van der Waals surface area contributed by atoms with Gasteiger partial charge in [-0.25, -0.2) is 0 Å². The molecular weight excluding hydrogens is 490 g/mol. The molecule has 0 fully saturated rings. The summed E-state index contributed by atoms with van der Waals surface area (Å²) in [5.74, 6) is 0.144. The Bertz CT molecular complexity index is 1270. The number of aryl methyl sites for hydroxylation is 2. The Balaban J connectivity index is 2.11. The molecule has 2 aromatic carbocycles. The van der Waals surface area contributed by atoms with E-state index in [1.807, 2.05) is 101 Å². The topological polar surface area (TPSA) is 111 Å². The summed E-state index contributed by atoms with van der Waals surface area (Å²) in [6, 6.07) is 15.3. The van der Waals surface area contributed by atoms with E-state index in [1.54, 1.807) is 0 Å². The number of benzene rings is 2. The predicted molar refractivity (Wildman–Crippen MR) is 154 cm³/mol. The zero-order valence-electron chi connectivity index (χ0n) is 23.5. The van der Waals surface area contributed by atoms with E-state index in [9.17, 15) is 14.9 Å². The third kappa shape index (κ3) is 10.9. The minimum absolute atomic E-state index is 0.0412. The molecule has 0 heterocycles. The van der Waals surface area contributed by atoms with Crippen LogP contribution in [-0.2, 0) is 22.6 Å². The van der Waals surface area contributed by atoms with Gasteiger partial charge in [0.25, 0.3) is 5.91 Å². The van der Waals surface area contributed by atoms with Crippen LogP contribution < -0.4 is 15.4 Å². The van der Waals surface area contributed by atoms with Crippen molar-refractivity contribution in [3.63, 3.8) is 0 Å². The van der Waals surface area contributed by atoms with E-state index in [2.05, 4.69) is 16.7 Å². The predicted octanol–water partition coefficient (Wildman–Crippen LogP) is 6.35. The molecule has 206 valence electrons. The van der Waals surface area contributed by atoms with Gasteiger partial charge in [-0.15, -0.1) is 0 Å². The van der Waals surface area contributed by atoms with Crippen LogP contribution in [0.25, 0.3) is 0 Å². The van der Waals surface area contributed by atoms with Crippen molar-refractivity contribution in [2.24, 2.45) is 5.92 Å². The quantitative estimate of drug-likeness (QED) is 0.149. The minimum atomic E-state index is -0.819. The lowest BCUT2D eigenvalue weighted by molar-refractivity contribution is -0.137. The number of allylic oxidation sites excluding steroid dienone is 4. The number of carboxylic acids is 1. The molecule has 2 aromatic rings. The van der Waals surface area contributed by atoms with Crippen LogP contribution in [0.2, 0.25) is 0 Å². The number of ether oxygens (including phenoxy) is 1. The third-order valence-electron chi connectivity index (χ3n) is 6.04. The van der Waals surface area contributed by atoms with Crippen LogP contribution in [0, 0.1) is 24.2 Å². The van der Waals surface area contributed by atoms with Gasteiger partial charge >= 0.3 is 5.97 Å². The van der Waals surface area contributed by atoms with E-state index in [0.717, 1.165) is 16.7 Å². The number of carbonyl (C=O) groups excluding carboxylic acids is 1. The molecule has 0 aliphatic heterocycles. The number of hydrogen-bond donors (Lipinski definition) is 3. The molecule has 0 saturated carbocycles. The maximum atomic E-state index is 13.1. The molecule has 0 bridgehead atoms. The maximum absolute atomic E-state index is 13.1. The molecule has 39 heavy (non-hydrogen) atoms. The van der Waals surface area contributed by atoms with E-state index < -0.39 is 5.97 Å². The second-order valence-corrected chi connectivity index (χ2v) is 9.47. The monoisotopic (exact) mass is 529 g/mol. The van der Waals surface area contributed by atoms with E-state index >= 15 is 0 Å². The fourth-order valence-corrected chi connectivity index (χ4v) is 4.02. The van der Waals surface area contributed by atoms with Crippen LogP contribution in [0.1, 0.15) is 57.2 Å². The molecule has 2 rings (SSSR count). The SMILES string of the molecule is C/C=C\C(C)N/C(=C\C(C)/C=C(/C#N)CC)C(=O)NCc1cccc(Oc2ccc(CCC(=O)O)c(C)c2)c1. The Morgan fingerprint density at radius 1 is 1.13 bits per heavy atom. The van der Waals surface area contributed by atoms with Crippen molar-refractivity contribution in [1.82, 2.24) is 10.6 Å². The number of amides is 1. The second-order valence-electron chi connectivity index (χ2n) is 9.47. The maximum Gasteiger partial charge on any atom is 0.303 e. The summed E-state index contributed by atoms with van der Waals surface area (Å²) in [6.07, 6.45) is 8.81. The van der Waals surface area contributed by atoms with E-state index in [-0.39, 0.29) is 24.3 Å². The first kappa shape index (κ1) is 30.9. The van der Waals surface area contributed by atoms with Gasteiger partial charge in [0, 0.05) is 24.6 Å². The van der Waals surface area contributed by atoms with Crippen molar-refractivity contribution >= 4 is 11.9 Å². The molecule has 2 unspecified atom stereocenters. The molecule has 7 heteroatoms. The number of aliphatic carboxylic acids is 1. The molecule has 7 nitrogen and oxygen atoms in total. The highest BCUT2D eigenvalue weighted by molar-refractivity contribution is 5.92. The zero-order chi connectivity index (χ0) is 28.8. The van der Waals surface area contributed by atoms with Gasteiger partial charge in [-0.3, -0.25) is 9.59 Å². The molecule has 0 aliphatic rings. The van der Waals surface area contributed by atoms with Gasteiger partial charge in [0.1, 0.15) is 11.5 Å². The smallest absolute Gasteiger partial charge is 0.303 e. The number of carboxylic acid groups (broad SMARTS) is 1. The van der Waals surface area contributed by atoms with Crippen LogP contribution in [0.3, 0.4) is 0 Å². The Morgan fingerprint density at radius 3 is 2.51 bits per heavy atom. The number of nitrogens with zero attached hydrogens (tertiary/aromatic N) is 1. The van der Waals surface area contributed by atoms with Crippen LogP contribution in [-0.4, -0.2) is 23.0 Å². The summed E-state index contributed by atoms with van der Waals surface area (Å²) in [6.45, 7) is 10.0. The Morgan fingerprint density at radius 2 is 1.87 bits per heavy atom. The fraction of sp³-hybridized carbons (Fsp3) is 0.344. The summed E-state index contributed by atoms with van der Waals surface area (Å²) >= 11 is 0. The third-order valence-corrected chi connectivity index (χ3v) is 6.04. The Hall–Kier alpha value is -4.31. The van der Waals surface area contributed by atoms with Crippen molar-refractivity contribution < 1.29 is 19.4 Å². The summed E-state index contributed by atoms with van der Waals surface area (Å²) in [4.78, 5) is 24.0. The van der Waals surface area contributed by atoms with Crippen molar-refractivity contribution in [1.29, 1.82) is 5.26 Å². The van der Waals surface area contributed by atoms with E-state index in [0.29, 0.717) is 42.2 Å². The van der Waals surface area contributed by atoms with Gasteiger partial charge < -0.3 is 20.5 Å². The molecule has 0 aromatic heterocycles. The summed E-state index contributed by atoms with van der Waals surface area (Å²) in [5.41, 5.74) is 3.96. The number of rotatable bonds is 14. The van der Waals surface area contributed by atoms with Gasteiger partial charge in [-0.1, -0.05) is 50.3 Å². The van der Waals surface area contributed by atoms with Gasteiger partial charge in [0.2, 0.25) is 0 Å². The Kier molecular flexibility index (Phi) is 12.5. The lowest BCUT2D eigenvalue weighted by Gasteiger charge is -2.17. The molecule has 0 radical (unpaired) electrons. The van der Waals surface area contributed by atoms with Crippen molar-refractivity contribution in [2.45, 2.75) is 66.5 Å². The molecule has 3 N–H and O–H groups in total. The molecule has 0 saturated heterocycles. The van der Waals surface area contributed by atoms with Crippen LogP contribution in [0.4, 0.5) is 0 Å². The minimum Gasteiger partial charge on any atom is -0.481 e. The van der Waals surface area contributed by atoms with Crippen molar-refractivity contribution in [3.8, 4) is 17.6 Å². The standard InChI is InChI=1S/C32H39N3O4/c1-6-9-24(5)35-30(17-22(3)16-25(7-2)20-33)32(38)34-21-26-10-8-11-28(19-26)39-29-14-12-27(23(4)18-29)13-15-31(36)37/h6,8-12,14,16-19,22,24,35H,7,13,15,21H2,1-5H3,(H,34,38)(H,36,37)/b9-6-,25-16+,30-17-. The number of carbonyl (C=O) groups is 2. The highest BCUT2D eigenvalue weighted by atomic mass is 16.5. The van der Waals surface area contributed by atoms with E-state index in [1.165, 1.54) is 0 Å². The highest BCUT2D eigenvalue weighted by Gasteiger charge is 2.13. The molecule has 1 amide bonds. The first-order valence-corrected chi connectivity index (χ1v) is 13.2. The summed E-state index contributed by atoms with van der Waals surface area (Å²) < 4.78 is 6.03. The molecule has 2 atom stereocenters. The van der Waals surface area contributed by atoms with Crippen LogP contribution in [0.15, 0.2) is 78.0 Å². The van der Waals surface area contributed by atoms with Crippen LogP contribution >= 0.6 is 0 Å².